The number of Topliss-reactive ketones (excluding diaryl/α,β-unsaturated/α-hetero) is 1. The van der Waals surface area contributed by atoms with Crippen LogP contribution in [0, 0.1) is 0 Å². The SMILES string of the molecule is N[C@@H](Cc1ccc(O)cc1)C(=O)O.O=C(O)C(=O)Cc1ccc(O)cc1. The fourth-order valence-corrected chi connectivity index (χ4v) is 1.85. The Bertz CT molecular complexity index is 754. The minimum Gasteiger partial charge on any atom is -0.508 e. The molecule has 138 valence electrons. The number of carboxylic acid groups (broad SMARTS) is 2. The Hall–Kier alpha value is -3.39. The first-order valence-electron chi connectivity index (χ1n) is 7.49. The molecule has 0 aliphatic rings. The number of aliphatic carboxylic acids is 2. The van der Waals surface area contributed by atoms with Crippen molar-refractivity contribution in [2.24, 2.45) is 5.73 Å². The van der Waals surface area contributed by atoms with E-state index in [1.165, 1.54) is 36.4 Å². The maximum atomic E-state index is 10.7. The molecule has 0 fully saturated rings. The van der Waals surface area contributed by atoms with Crippen LogP contribution in [-0.4, -0.2) is 44.2 Å². The van der Waals surface area contributed by atoms with Gasteiger partial charge < -0.3 is 26.2 Å². The number of aromatic hydroxyl groups is 2. The molecule has 0 unspecified atom stereocenters. The number of hydrogen-bond donors (Lipinski definition) is 5. The van der Waals surface area contributed by atoms with Crippen LogP contribution in [0.4, 0.5) is 0 Å². The molecule has 0 aliphatic carbocycles. The molecule has 0 radical (unpaired) electrons. The quantitative estimate of drug-likeness (QED) is 0.475. The number of benzene rings is 2. The van der Waals surface area contributed by atoms with E-state index >= 15 is 0 Å². The van der Waals surface area contributed by atoms with Gasteiger partial charge in [-0.25, -0.2) is 4.79 Å². The number of hydrogen-bond acceptors (Lipinski definition) is 6. The number of phenols is 2. The average molecular weight is 361 g/mol. The number of nitrogens with two attached hydrogens (primary N) is 1. The van der Waals surface area contributed by atoms with Crippen LogP contribution >= 0.6 is 0 Å². The minimum absolute atomic E-state index is 0.0894. The summed E-state index contributed by atoms with van der Waals surface area (Å²) in [7, 11) is 0. The predicted molar refractivity (Wildman–Crippen MR) is 91.9 cm³/mol. The molecule has 0 spiro atoms. The lowest BCUT2D eigenvalue weighted by Crippen LogP contribution is -2.32. The highest BCUT2D eigenvalue weighted by Crippen LogP contribution is 2.11. The number of rotatable bonds is 6. The zero-order valence-electron chi connectivity index (χ0n) is 13.7. The highest BCUT2D eigenvalue weighted by Gasteiger charge is 2.12. The summed E-state index contributed by atoms with van der Waals surface area (Å²) >= 11 is 0. The summed E-state index contributed by atoms with van der Waals surface area (Å²) < 4.78 is 0. The molecule has 8 heteroatoms. The molecule has 6 N–H and O–H groups in total. The summed E-state index contributed by atoms with van der Waals surface area (Å²) in [6.07, 6.45) is 0.130. The van der Waals surface area contributed by atoms with Gasteiger partial charge in [-0.3, -0.25) is 9.59 Å². The molecule has 0 bridgehead atoms. The van der Waals surface area contributed by atoms with Crippen molar-refractivity contribution in [3.05, 3.63) is 59.7 Å². The predicted octanol–water partition coefficient (Wildman–Crippen LogP) is 0.935. The van der Waals surface area contributed by atoms with E-state index in [0.29, 0.717) is 5.56 Å². The van der Waals surface area contributed by atoms with E-state index in [1.807, 2.05) is 0 Å². The van der Waals surface area contributed by atoms with Crippen LogP contribution in [-0.2, 0) is 27.2 Å². The normalized spacial score (nSPS) is 11.0. The van der Waals surface area contributed by atoms with Crippen molar-refractivity contribution in [2.75, 3.05) is 0 Å². The summed E-state index contributed by atoms with van der Waals surface area (Å²) in [4.78, 5) is 31.3. The van der Waals surface area contributed by atoms with Gasteiger partial charge in [-0.2, -0.15) is 0 Å². The summed E-state index contributed by atoms with van der Waals surface area (Å²) in [6, 6.07) is 11.3. The highest BCUT2D eigenvalue weighted by atomic mass is 16.4. The Morgan fingerprint density at radius 3 is 1.62 bits per heavy atom. The smallest absolute Gasteiger partial charge is 0.372 e. The monoisotopic (exact) mass is 361 g/mol. The third kappa shape index (κ3) is 7.45. The molecule has 1 atom stereocenters. The molecule has 0 saturated heterocycles. The van der Waals surface area contributed by atoms with Crippen LogP contribution < -0.4 is 5.73 Å². The summed E-state index contributed by atoms with van der Waals surface area (Å²) in [5, 5.41) is 34.7. The van der Waals surface area contributed by atoms with Crippen LogP contribution in [0.2, 0.25) is 0 Å². The number of phenolic OH excluding ortho intramolecular Hbond substituents is 2. The second-order valence-corrected chi connectivity index (χ2v) is 5.39. The number of carbonyl (C=O) groups is 3. The lowest BCUT2D eigenvalue weighted by Gasteiger charge is -2.05. The Balaban J connectivity index is 0.000000260. The Morgan fingerprint density at radius 1 is 0.808 bits per heavy atom. The minimum atomic E-state index is -1.44. The first-order chi connectivity index (χ1) is 12.2. The first kappa shape index (κ1) is 20.7. The van der Waals surface area contributed by atoms with Gasteiger partial charge in [0, 0.05) is 6.42 Å². The highest BCUT2D eigenvalue weighted by molar-refractivity contribution is 6.33. The fourth-order valence-electron chi connectivity index (χ4n) is 1.85. The van der Waals surface area contributed by atoms with E-state index in [0.717, 1.165) is 5.56 Å². The first-order valence-corrected chi connectivity index (χ1v) is 7.49. The molecule has 0 aliphatic heterocycles. The van der Waals surface area contributed by atoms with Gasteiger partial charge in [-0.05, 0) is 41.8 Å². The summed E-state index contributed by atoms with van der Waals surface area (Å²) in [6.45, 7) is 0. The van der Waals surface area contributed by atoms with Gasteiger partial charge >= 0.3 is 11.9 Å². The standard InChI is InChI=1S/C9H11NO3.C9H8O4/c10-8(9(12)13)5-6-1-3-7(11)4-2-6;10-7-3-1-6(2-4-7)5-8(11)9(12)13/h1-4,8,11H,5,10H2,(H,12,13);1-4,10H,5H2,(H,12,13)/t8-;/m0./s1. The van der Waals surface area contributed by atoms with E-state index in [-0.39, 0.29) is 24.3 Å². The molecular weight excluding hydrogens is 342 g/mol. The van der Waals surface area contributed by atoms with Crippen molar-refractivity contribution in [1.29, 1.82) is 0 Å². The van der Waals surface area contributed by atoms with Crippen molar-refractivity contribution >= 4 is 17.7 Å². The third-order valence-electron chi connectivity index (χ3n) is 3.25. The molecule has 0 saturated carbocycles. The van der Waals surface area contributed by atoms with Crippen LogP contribution in [0.1, 0.15) is 11.1 Å². The number of carbonyl (C=O) groups excluding carboxylic acids is 1. The second-order valence-electron chi connectivity index (χ2n) is 5.39. The molecule has 2 aromatic carbocycles. The fraction of sp³-hybridized carbons (Fsp3) is 0.167. The van der Waals surface area contributed by atoms with Gasteiger partial charge in [0.2, 0.25) is 5.78 Å². The molecule has 26 heavy (non-hydrogen) atoms. The zero-order chi connectivity index (χ0) is 19.7. The number of ketones is 1. The van der Waals surface area contributed by atoms with E-state index in [9.17, 15) is 14.4 Å². The largest absolute Gasteiger partial charge is 0.508 e. The Morgan fingerprint density at radius 2 is 1.23 bits per heavy atom. The molecule has 2 aromatic rings. The van der Waals surface area contributed by atoms with Crippen molar-refractivity contribution in [3.8, 4) is 11.5 Å². The Labute approximate surface area is 149 Å². The maximum Gasteiger partial charge on any atom is 0.372 e. The van der Waals surface area contributed by atoms with Crippen molar-refractivity contribution in [2.45, 2.75) is 18.9 Å². The zero-order valence-corrected chi connectivity index (χ0v) is 13.7. The maximum absolute atomic E-state index is 10.7. The molecule has 0 amide bonds. The molecule has 2 rings (SSSR count). The van der Waals surface area contributed by atoms with Gasteiger partial charge in [0.25, 0.3) is 0 Å². The molecule has 8 nitrogen and oxygen atoms in total. The molecule has 0 aromatic heterocycles. The van der Waals surface area contributed by atoms with Crippen molar-refractivity contribution in [1.82, 2.24) is 0 Å². The number of carboxylic acids is 2. The average Bonchev–Trinajstić information content (AvgIpc) is 2.59. The lowest BCUT2D eigenvalue weighted by molar-refractivity contribution is -0.148. The van der Waals surface area contributed by atoms with E-state index in [4.69, 9.17) is 26.2 Å². The topological polar surface area (TPSA) is 158 Å². The van der Waals surface area contributed by atoms with Crippen LogP contribution in [0.3, 0.4) is 0 Å². The van der Waals surface area contributed by atoms with E-state index in [2.05, 4.69) is 0 Å². The van der Waals surface area contributed by atoms with Gasteiger partial charge in [0.15, 0.2) is 0 Å². The lowest BCUT2D eigenvalue weighted by atomic mass is 10.1. The Kier molecular flexibility index (Phi) is 7.78. The van der Waals surface area contributed by atoms with Crippen LogP contribution in [0.5, 0.6) is 11.5 Å². The van der Waals surface area contributed by atoms with Crippen LogP contribution in [0.15, 0.2) is 48.5 Å². The van der Waals surface area contributed by atoms with Gasteiger partial charge in [0.05, 0.1) is 0 Å². The second kappa shape index (κ2) is 9.80. The van der Waals surface area contributed by atoms with Gasteiger partial charge in [-0.1, -0.05) is 24.3 Å². The van der Waals surface area contributed by atoms with E-state index < -0.39 is 23.8 Å². The summed E-state index contributed by atoms with van der Waals surface area (Å²) in [5.74, 6) is -3.06. The summed E-state index contributed by atoms with van der Waals surface area (Å²) in [5.41, 5.74) is 6.70. The third-order valence-corrected chi connectivity index (χ3v) is 3.25. The van der Waals surface area contributed by atoms with E-state index in [1.54, 1.807) is 12.1 Å². The van der Waals surface area contributed by atoms with Crippen molar-refractivity contribution in [3.63, 3.8) is 0 Å². The van der Waals surface area contributed by atoms with Gasteiger partial charge in [0.1, 0.15) is 17.5 Å². The van der Waals surface area contributed by atoms with Crippen LogP contribution in [0.25, 0.3) is 0 Å². The van der Waals surface area contributed by atoms with Gasteiger partial charge in [-0.15, -0.1) is 0 Å². The van der Waals surface area contributed by atoms with Crippen molar-refractivity contribution < 1.29 is 34.8 Å². The molecular formula is C18H19NO7. The molecule has 0 heterocycles.